The molecule has 172 valence electrons. The van der Waals surface area contributed by atoms with Gasteiger partial charge < -0.3 is 15.1 Å². The summed E-state index contributed by atoms with van der Waals surface area (Å²) in [5.74, 6) is 0.385. The molecule has 0 unspecified atom stereocenters. The van der Waals surface area contributed by atoms with Crippen LogP contribution in [0.2, 0.25) is 0 Å². The molecule has 0 spiro atoms. The third kappa shape index (κ3) is 4.80. The summed E-state index contributed by atoms with van der Waals surface area (Å²) < 4.78 is 5.48. The molecule has 1 atom stereocenters. The number of nitrogens with one attached hydrogen (secondary N) is 2. The highest BCUT2D eigenvalue weighted by molar-refractivity contribution is 6.01. The van der Waals surface area contributed by atoms with Crippen LogP contribution in [0, 0.1) is 0 Å². The Morgan fingerprint density at radius 3 is 2.72 bits per heavy atom. The van der Waals surface area contributed by atoms with Gasteiger partial charge in [-0.15, -0.1) is 0 Å². The molecule has 2 aliphatic carbocycles. The number of hydrogen-bond acceptors (Lipinski definition) is 6. The third-order valence-corrected chi connectivity index (χ3v) is 5.84. The number of aromatic nitrogens is 1. The number of allylic oxidation sites excluding steroid dienone is 4. The molecule has 0 aromatic carbocycles. The normalized spacial score (nSPS) is 20.8. The second-order valence-electron chi connectivity index (χ2n) is 9.05. The molecule has 0 saturated heterocycles. The Balaban J connectivity index is 1.76. The zero-order valence-electron chi connectivity index (χ0n) is 19.4. The van der Waals surface area contributed by atoms with E-state index in [1.54, 1.807) is 16.7 Å². The van der Waals surface area contributed by atoms with Gasteiger partial charge in [0, 0.05) is 24.2 Å². The van der Waals surface area contributed by atoms with E-state index in [1.807, 2.05) is 32.9 Å². The number of hydrazine groups is 1. The number of carbonyl (C=O) groups is 2. The Bertz CT molecular complexity index is 951. The van der Waals surface area contributed by atoms with Crippen LogP contribution >= 0.6 is 0 Å². The Morgan fingerprint density at radius 2 is 2.03 bits per heavy atom. The highest BCUT2D eigenvalue weighted by Gasteiger charge is 2.36. The maximum absolute atomic E-state index is 12.9. The predicted molar refractivity (Wildman–Crippen MR) is 125 cm³/mol. The van der Waals surface area contributed by atoms with Gasteiger partial charge in [0.15, 0.2) is 5.82 Å². The van der Waals surface area contributed by atoms with E-state index in [-0.39, 0.29) is 18.1 Å². The van der Waals surface area contributed by atoms with Crippen LogP contribution in [0.4, 0.5) is 16.3 Å². The van der Waals surface area contributed by atoms with Crippen LogP contribution in [0.3, 0.4) is 0 Å². The van der Waals surface area contributed by atoms with Gasteiger partial charge in [-0.2, -0.15) is 0 Å². The molecule has 0 radical (unpaired) electrons. The van der Waals surface area contributed by atoms with Crippen molar-refractivity contribution >= 4 is 29.1 Å². The minimum atomic E-state index is -0.444. The fraction of sp³-hybridized carbons (Fsp3) is 0.542. The van der Waals surface area contributed by atoms with Crippen LogP contribution < -0.4 is 20.7 Å². The van der Waals surface area contributed by atoms with Crippen LogP contribution in [0.25, 0.3) is 5.57 Å². The van der Waals surface area contributed by atoms with Crippen molar-refractivity contribution in [3.8, 4) is 0 Å². The molecule has 3 aliphatic rings. The summed E-state index contributed by atoms with van der Waals surface area (Å²) in [7, 11) is 0. The minimum absolute atomic E-state index is 0.0743. The highest BCUT2D eigenvalue weighted by Crippen LogP contribution is 2.37. The second kappa shape index (κ2) is 9.32. The van der Waals surface area contributed by atoms with E-state index in [1.165, 1.54) is 12.8 Å². The summed E-state index contributed by atoms with van der Waals surface area (Å²) in [6.07, 6.45) is 8.93. The highest BCUT2D eigenvalue weighted by atomic mass is 16.6. The molecule has 32 heavy (non-hydrogen) atoms. The van der Waals surface area contributed by atoms with Crippen LogP contribution in [-0.2, 0) is 9.53 Å². The van der Waals surface area contributed by atoms with Gasteiger partial charge in [-0.1, -0.05) is 12.2 Å². The number of fused-ring (bicyclic) bond motifs is 1. The largest absolute Gasteiger partial charge is 0.446 e. The molecule has 1 saturated carbocycles. The lowest BCUT2D eigenvalue weighted by Crippen LogP contribution is -2.52. The Morgan fingerprint density at radius 1 is 1.25 bits per heavy atom. The number of amides is 2. The standard InChI is InChI=1S/C24H33N5O3/c1-15(2)32-24(31)28-14-16(3)29(17(4)30)22-13-12-20(25-23(22)28)19-8-6-5-7-9-21(19)27-26-18-10-11-18/h6,8,12-13,15-16,18,26-27H,5,7,9-11,14H2,1-4H3/t16-/m0/s1. The quantitative estimate of drug-likeness (QED) is 0.677. The second-order valence-corrected chi connectivity index (χ2v) is 9.05. The first-order valence-electron chi connectivity index (χ1n) is 11.6. The van der Waals surface area contributed by atoms with E-state index in [2.05, 4.69) is 23.0 Å². The van der Waals surface area contributed by atoms with Crippen LogP contribution in [0.5, 0.6) is 0 Å². The molecule has 1 aliphatic heterocycles. The molecule has 0 bridgehead atoms. The maximum Gasteiger partial charge on any atom is 0.415 e. The van der Waals surface area contributed by atoms with Gasteiger partial charge in [-0.25, -0.2) is 15.2 Å². The van der Waals surface area contributed by atoms with Crippen LogP contribution in [0.1, 0.15) is 65.5 Å². The number of pyridine rings is 1. The zero-order valence-corrected chi connectivity index (χ0v) is 19.4. The van der Waals surface area contributed by atoms with Crippen LogP contribution in [-0.4, -0.2) is 41.7 Å². The summed E-state index contributed by atoms with van der Waals surface area (Å²) >= 11 is 0. The fourth-order valence-corrected chi connectivity index (χ4v) is 4.17. The molecule has 1 aromatic heterocycles. The smallest absolute Gasteiger partial charge is 0.415 e. The Labute approximate surface area is 189 Å². The van der Waals surface area contributed by atoms with Gasteiger partial charge >= 0.3 is 6.09 Å². The fourth-order valence-electron chi connectivity index (χ4n) is 4.17. The van der Waals surface area contributed by atoms with Crippen molar-refractivity contribution < 1.29 is 14.3 Å². The van der Waals surface area contributed by atoms with E-state index < -0.39 is 6.09 Å². The molecule has 1 aromatic rings. The average Bonchev–Trinajstić information content (AvgIpc) is 3.57. The molecule has 2 N–H and O–H groups in total. The van der Waals surface area contributed by atoms with Gasteiger partial charge in [-0.3, -0.25) is 9.69 Å². The molecule has 8 heteroatoms. The topological polar surface area (TPSA) is 86.8 Å². The van der Waals surface area contributed by atoms with Crippen molar-refractivity contribution in [2.24, 2.45) is 0 Å². The first-order chi connectivity index (χ1) is 15.3. The number of rotatable bonds is 5. The Kier molecular flexibility index (Phi) is 6.50. The van der Waals surface area contributed by atoms with E-state index in [0.717, 1.165) is 36.2 Å². The van der Waals surface area contributed by atoms with Crippen LogP contribution in [0.15, 0.2) is 30.0 Å². The van der Waals surface area contributed by atoms with E-state index in [4.69, 9.17) is 9.72 Å². The molecule has 1 fully saturated rings. The van der Waals surface area contributed by atoms with Crippen molar-refractivity contribution in [1.82, 2.24) is 15.8 Å². The molecule has 2 heterocycles. The van der Waals surface area contributed by atoms with Gasteiger partial charge in [0.05, 0.1) is 30.1 Å². The van der Waals surface area contributed by atoms with Gasteiger partial charge in [0.1, 0.15) is 0 Å². The zero-order chi connectivity index (χ0) is 22.8. The number of anilines is 2. The summed E-state index contributed by atoms with van der Waals surface area (Å²) in [4.78, 5) is 33.4. The molecule has 4 rings (SSSR count). The number of ether oxygens (including phenoxy) is 1. The number of carbonyl (C=O) groups excluding carboxylic acids is 2. The van der Waals surface area contributed by atoms with E-state index in [9.17, 15) is 9.59 Å². The summed E-state index contributed by atoms with van der Waals surface area (Å²) in [5, 5.41) is 0. The maximum atomic E-state index is 12.9. The Hall–Kier alpha value is -2.87. The predicted octanol–water partition coefficient (Wildman–Crippen LogP) is 3.90. The lowest BCUT2D eigenvalue weighted by Gasteiger charge is -2.39. The summed E-state index contributed by atoms with van der Waals surface area (Å²) in [6, 6.07) is 4.17. The SMILES string of the molecule is CC(=O)N1c2ccc(C3=C(NNC4CC4)CCCC=C3)nc2N(C(=O)OC(C)C)C[C@@H]1C. The number of hydrogen-bond donors (Lipinski definition) is 2. The first-order valence-corrected chi connectivity index (χ1v) is 11.6. The first kappa shape index (κ1) is 22.3. The van der Waals surface area contributed by atoms with Crippen molar-refractivity contribution in [3.05, 3.63) is 35.7 Å². The van der Waals surface area contributed by atoms with Crippen molar-refractivity contribution in [1.29, 1.82) is 0 Å². The van der Waals surface area contributed by atoms with Gasteiger partial charge in [0.25, 0.3) is 0 Å². The molecular weight excluding hydrogens is 406 g/mol. The van der Waals surface area contributed by atoms with E-state index in [0.29, 0.717) is 24.1 Å². The molecular formula is C24H33N5O3. The minimum Gasteiger partial charge on any atom is -0.446 e. The average molecular weight is 440 g/mol. The van der Waals surface area contributed by atoms with Gasteiger partial charge in [-0.05, 0) is 65.0 Å². The van der Waals surface area contributed by atoms with Crippen molar-refractivity contribution in [2.45, 2.75) is 78.0 Å². The van der Waals surface area contributed by atoms with E-state index >= 15 is 0 Å². The third-order valence-electron chi connectivity index (χ3n) is 5.84. The molecule has 8 nitrogen and oxygen atoms in total. The summed E-state index contributed by atoms with van der Waals surface area (Å²) in [6.45, 7) is 7.44. The van der Waals surface area contributed by atoms with Gasteiger partial charge in [0.2, 0.25) is 5.91 Å². The monoisotopic (exact) mass is 439 g/mol. The number of nitrogens with zero attached hydrogens (tertiary/aromatic N) is 3. The lowest BCUT2D eigenvalue weighted by molar-refractivity contribution is -0.117. The lowest BCUT2D eigenvalue weighted by atomic mass is 10.1. The van der Waals surface area contributed by atoms with Crippen molar-refractivity contribution in [2.75, 3.05) is 16.3 Å². The van der Waals surface area contributed by atoms with Crippen molar-refractivity contribution in [3.63, 3.8) is 0 Å². The molecule has 2 amide bonds. The summed E-state index contributed by atoms with van der Waals surface area (Å²) in [5.41, 5.74) is 10.3.